The van der Waals surface area contributed by atoms with Gasteiger partial charge in [-0.3, -0.25) is 4.79 Å². The van der Waals surface area contributed by atoms with Gasteiger partial charge in [-0.15, -0.1) is 0 Å². The maximum atomic E-state index is 11.8. The van der Waals surface area contributed by atoms with E-state index in [1.807, 2.05) is 0 Å². The Bertz CT molecular complexity index is 377. The van der Waals surface area contributed by atoms with Crippen molar-refractivity contribution in [2.24, 2.45) is 5.41 Å². The van der Waals surface area contributed by atoms with Crippen LogP contribution < -0.4 is 5.32 Å². The molecule has 0 aliphatic rings. The molecular weight excluding hydrogens is 268 g/mol. The van der Waals surface area contributed by atoms with E-state index in [2.05, 4.69) is 47.0 Å². The first kappa shape index (κ1) is 13.2. The molecule has 16 heavy (non-hydrogen) atoms. The highest BCUT2D eigenvalue weighted by Gasteiger charge is 2.17. The number of hydrogen-bond donors (Lipinski definition) is 1. The third-order valence-electron chi connectivity index (χ3n) is 2.63. The Balaban J connectivity index is 2.60. The quantitative estimate of drug-likeness (QED) is 0.864. The van der Waals surface area contributed by atoms with Gasteiger partial charge in [0.1, 0.15) is 10.3 Å². The highest BCUT2D eigenvalue weighted by atomic mass is 79.9. The summed E-state index contributed by atoms with van der Waals surface area (Å²) in [6.07, 6.45) is 1.03. The van der Waals surface area contributed by atoms with Crippen LogP contribution in [0.5, 0.6) is 0 Å². The molecule has 0 bridgehead atoms. The van der Waals surface area contributed by atoms with Gasteiger partial charge >= 0.3 is 0 Å². The van der Waals surface area contributed by atoms with Crippen LogP contribution in [0.1, 0.15) is 37.7 Å². The van der Waals surface area contributed by atoms with Crippen LogP contribution in [0.4, 0.5) is 0 Å². The summed E-state index contributed by atoms with van der Waals surface area (Å²) in [5.74, 6) is -0.122. The molecule has 0 aliphatic carbocycles. The van der Waals surface area contributed by atoms with E-state index in [0.717, 1.165) is 6.42 Å². The number of pyridine rings is 1. The van der Waals surface area contributed by atoms with Crippen LogP contribution in [0, 0.1) is 5.41 Å². The van der Waals surface area contributed by atoms with E-state index < -0.39 is 0 Å². The van der Waals surface area contributed by atoms with Gasteiger partial charge in [0.15, 0.2) is 0 Å². The minimum atomic E-state index is -0.122. The Morgan fingerprint density at radius 2 is 2.19 bits per heavy atom. The fourth-order valence-electron chi connectivity index (χ4n) is 1.07. The summed E-state index contributed by atoms with van der Waals surface area (Å²) >= 11 is 3.24. The number of amides is 1. The molecule has 0 aliphatic heterocycles. The fraction of sp³-hybridized carbons (Fsp3) is 0.500. The number of nitrogens with one attached hydrogen (secondary N) is 1. The Kier molecular flexibility index (Phi) is 4.47. The number of hydrogen-bond acceptors (Lipinski definition) is 2. The van der Waals surface area contributed by atoms with Crippen molar-refractivity contribution in [1.82, 2.24) is 10.3 Å². The minimum Gasteiger partial charge on any atom is -0.350 e. The van der Waals surface area contributed by atoms with Crippen LogP contribution in [-0.2, 0) is 0 Å². The molecule has 3 nitrogen and oxygen atoms in total. The number of nitrogens with zero attached hydrogens (tertiary/aromatic N) is 1. The molecule has 0 saturated heterocycles. The molecule has 1 N–H and O–H groups in total. The Morgan fingerprint density at radius 1 is 1.50 bits per heavy atom. The molecule has 0 spiro atoms. The van der Waals surface area contributed by atoms with E-state index in [4.69, 9.17) is 0 Å². The van der Waals surface area contributed by atoms with Crippen LogP contribution in [0.3, 0.4) is 0 Å². The van der Waals surface area contributed by atoms with Crippen molar-refractivity contribution in [3.63, 3.8) is 0 Å². The second kappa shape index (κ2) is 5.43. The lowest BCUT2D eigenvalue weighted by Crippen LogP contribution is -2.34. The Labute approximate surface area is 105 Å². The first-order valence-corrected chi connectivity index (χ1v) is 6.15. The lowest BCUT2D eigenvalue weighted by molar-refractivity contribution is 0.0930. The molecule has 0 atom stereocenters. The summed E-state index contributed by atoms with van der Waals surface area (Å²) in [7, 11) is 0. The van der Waals surface area contributed by atoms with Crippen LogP contribution in [0.15, 0.2) is 22.8 Å². The average molecular weight is 285 g/mol. The van der Waals surface area contributed by atoms with Gasteiger partial charge < -0.3 is 5.32 Å². The summed E-state index contributed by atoms with van der Waals surface area (Å²) in [6, 6.07) is 5.31. The molecular formula is C12H17BrN2O. The molecule has 0 saturated carbocycles. The summed E-state index contributed by atoms with van der Waals surface area (Å²) in [5.41, 5.74) is 0.572. The molecule has 0 aromatic carbocycles. The topological polar surface area (TPSA) is 42.0 Å². The van der Waals surface area contributed by atoms with E-state index in [1.54, 1.807) is 18.2 Å². The normalized spacial score (nSPS) is 11.2. The lowest BCUT2D eigenvalue weighted by Gasteiger charge is -2.22. The first-order chi connectivity index (χ1) is 7.44. The number of halogens is 1. The van der Waals surface area contributed by atoms with Crippen LogP contribution in [-0.4, -0.2) is 17.4 Å². The minimum absolute atomic E-state index is 0.122. The number of rotatable bonds is 4. The van der Waals surface area contributed by atoms with Crippen molar-refractivity contribution in [2.75, 3.05) is 6.54 Å². The van der Waals surface area contributed by atoms with Crippen molar-refractivity contribution in [3.8, 4) is 0 Å². The van der Waals surface area contributed by atoms with E-state index >= 15 is 0 Å². The van der Waals surface area contributed by atoms with Crippen molar-refractivity contribution < 1.29 is 4.79 Å². The Hall–Kier alpha value is -0.900. The molecule has 1 amide bonds. The molecule has 1 aromatic rings. The molecule has 0 unspecified atom stereocenters. The van der Waals surface area contributed by atoms with Gasteiger partial charge in [-0.05, 0) is 39.9 Å². The zero-order valence-electron chi connectivity index (χ0n) is 9.88. The number of carbonyl (C=O) groups is 1. The molecule has 1 heterocycles. The van der Waals surface area contributed by atoms with Crippen LogP contribution in [0.25, 0.3) is 0 Å². The maximum absolute atomic E-state index is 11.8. The van der Waals surface area contributed by atoms with Gasteiger partial charge in [-0.25, -0.2) is 4.98 Å². The van der Waals surface area contributed by atoms with Gasteiger partial charge in [-0.2, -0.15) is 0 Å². The van der Waals surface area contributed by atoms with E-state index in [9.17, 15) is 4.79 Å². The van der Waals surface area contributed by atoms with Gasteiger partial charge in [0.25, 0.3) is 5.91 Å². The average Bonchev–Trinajstić information content (AvgIpc) is 2.26. The zero-order chi connectivity index (χ0) is 12.2. The first-order valence-electron chi connectivity index (χ1n) is 5.35. The second-order valence-corrected chi connectivity index (χ2v) is 5.36. The maximum Gasteiger partial charge on any atom is 0.269 e. The number of aromatic nitrogens is 1. The van der Waals surface area contributed by atoms with Crippen molar-refractivity contribution in [3.05, 3.63) is 28.5 Å². The molecule has 1 rings (SSSR count). The largest absolute Gasteiger partial charge is 0.350 e. The Morgan fingerprint density at radius 3 is 2.75 bits per heavy atom. The summed E-state index contributed by atoms with van der Waals surface area (Å²) in [6.45, 7) is 7.03. The fourth-order valence-corrected chi connectivity index (χ4v) is 1.41. The van der Waals surface area contributed by atoms with E-state index in [-0.39, 0.29) is 11.3 Å². The molecule has 0 radical (unpaired) electrons. The summed E-state index contributed by atoms with van der Waals surface area (Å²) in [5, 5.41) is 2.90. The van der Waals surface area contributed by atoms with Crippen molar-refractivity contribution >= 4 is 21.8 Å². The van der Waals surface area contributed by atoms with Crippen LogP contribution >= 0.6 is 15.9 Å². The van der Waals surface area contributed by atoms with E-state index in [0.29, 0.717) is 16.8 Å². The molecule has 4 heteroatoms. The van der Waals surface area contributed by atoms with Crippen molar-refractivity contribution in [2.45, 2.75) is 27.2 Å². The molecule has 1 aromatic heterocycles. The molecule has 88 valence electrons. The number of carbonyl (C=O) groups excluding carboxylic acids is 1. The third kappa shape index (κ3) is 3.93. The van der Waals surface area contributed by atoms with Gasteiger partial charge in [-0.1, -0.05) is 26.8 Å². The second-order valence-electron chi connectivity index (χ2n) is 4.55. The lowest BCUT2D eigenvalue weighted by atomic mass is 9.90. The van der Waals surface area contributed by atoms with Crippen LogP contribution in [0.2, 0.25) is 0 Å². The standard InChI is InChI=1S/C12H17BrN2O/c1-4-12(2,3)8-14-11(16)9-6-5-7-10(13)15-9/h5-7H,4,8H2,1-3H3,(H,14,16). The highest BCUT2D eigenvalue weighted by Crippen LogP contribution is 2.17. The SMILES string of the molecule is CCC(C)(C)CNC(=O)c1cccc(Br)n1. The predicted octanol–water partition coefficient (Wildman–Crippen LogP) is 3.01. The van der Waals surface area contributed by atoms with Crippen molar-refractivity contribution in [1.29, 1.82) is 0 Å². The summed E-state index contributed by atoms with van der Waals surface area (Å²) in [4.78, 5) is 15.9. The molecule has 0 fully saturated rings. The third-order valence-corrected chi connectivity index (χ3v) is 3.07. The van der Waals surface area contributed by atoms with Gasteiger partial charge in [0.2, 0.25) is 0 Å². The van der Waals surface area contributed by atoms with Gasteiger partial charge in [0, 0.05) is 6.54 Å². The van der Waals surface area contributed by atoms with Gasteiger partial charge in [0.05, 0.1) is 0 Å². The smallest absolute Gasteiger partial charge is 0.269 e. The monoisotopic (exact) mass is 284 g/mol. The zero-order valence-corrected chi connectivity index (χ0v) is 11.5. The predicted molar refractivity (Wildman–Crippen MR) is 68.3 cm³/mol. The van der Waals surface area contributed by atoms with E-state index in [1.165, 1.54) is 0 Å². The summed E-state index contributed by atoms with van der Waals surface area (Å²) < 4.78 is 0.676. The highest BCUT2D eigenvalue weighted by molar-refractivity contribution is 9.10.